The zero-order chi connectivity index (χ0) is 32.4. The Labute approximate surface area is 269 Å². The maximum atomic E-state index is 11.8. The SMILES string of the molecule is CC(c1ccccc1)c1cc(C(C)c2ccccc2)c(OC(C)(C)CCOC(C)(C)S(=O)(=O)O)c2c1CCC2c1ccccc1. The third-order valence-electron chi connectivity index (χ3n) is 9.41. The summed E-state index contributed by atoms with van der Waals surface area (Å²) in [5, 5.41) is 0. The van der Waals surface area contributed by atoms with Gasteiger partial charge in [0.05, 0.1) is 6.61 Å². The van der Waals surface area contributed by atoms with Crippen LogP contribution in [0.4, 0.5) is 0 Å². The van der Waals surface area contributed by atoms with Crippen molar-refractivity contribution in [3.63, 3.8) is 0 Å². The van der Waals surface area contributed by atoms with Gasteiger partial charge < -0.3 is 9.47 Å². The Morgan fingerprint density at radius 3 is 1.84 bits per heavy atom. The molecule has 1 N–H and O–H groups in total. The zero-order valence-electron chi connectivity index (χ0n) is 27.3. The fourth-order valence-corrected chi connectivity index (χ4v) is 6.71. The van der Waals surface area contributed by atoms with Crippen LogP contribution in [0.5, 0.6) is 5.75 Å². The van der Waals surface area contributed by atoms with Gasteiger partial charge in [0.1, 0.15) is 11.4 Å². The molecule has 1 aliphatic carbocycles. The van der Waals surface area contributed by atoms with E-state index in [-0.39, 0.29) is 24.4 Å². The topological polar surface area (TPSA) is 72.8 Å². The first-order valence-corrected chi connectivity index (χ1v) is 17.4. The average molecular weight is 627 g/mol. The first-order chi connectivity index (χ1) is 21.3. The summed E-state index contributed by atoms with van der Waals surface area (Å²) < 4.78 is 46.1. The normalized spacial score (nSPS) is 16.6. The number of hydrogen-bond donors (Lipinski definition) is 1. The van der Waals surface area contributed by atoms with Crippen LogP contribution >= 0.6 is 0 Å². The average Bonchev–Trinajstić information content (AvgIpc) is 3.46. The highest BCUT2D eigenvalue weighted by molar-refractivity contribution is 7.87. The summed E-state index contributed by atoms with van der Waals surface area (Å²) >= 11 is 0. The van der Waals surface area contributed by atoms with E-state index < -0.39 is 20.7 Å². The molecule has 0 spiro atoms. The highest BCUT2D eigenvalue weighted by atomic mass is 32.2. The van der Waals surface area contributed by atoms with E-state index >= 15 is 0 Å². The van der Waals surface area contributed by atoms with Crippen molar-refractivity contribution in [1.29, 1.82) is 0 Å². The van der Waals surface area contributed by atoms with Crippen molar-refractivity contribution < 1.29 is 22.4 Å². The van der Waals surface area contributed by atoms with Gasteiger partial charge in [0.15, 0.2) is 4.93 Å². The molecule has 5 rings (SSSR count). The van der Waals surface area contributed by atoms with E-state index in [0.29, 0.717) is 6.42 Å². The molecule has 3 atom stereocenters. The van der Waals surface area contributed by atoms with E-state index in [1.165, 1.54) is 47.2 Å². The highest BCUT2D eigenvalue weighted by Crippen LogP contribution is 2.51. The van der Waals surface area contributed by atoms with Crippen LogP contribution in [0.2, 0.25) is 0 Å². The molecule has 0 aliphatic heterocycles. The van der Waals surface area contributed by atoms with E-state index in [0.717, 1.165) is 24.2 Å². The fraction of sp³-hybridized carbons (Fsp3) is 0.385. The van der Waals surface area contributed by atoms with Gasteiger partial charge in [-0.1, -0.05) is 111 Å². The summed E-state index contributed by atoms with van der Waals surface area (Å²) in [6, 6.07) is 34.3. The maximum absolute atomic E-state index is 11.8. The van der Waals surface area contributed by atoms with Gasteiger partial charge in [0.2, 0.25) is 0 Å². The zero-order valence-corrected chi connectivity index (χ0v) is 28.1. The molecule has 4 aromatic rings. The number of hydrogen-bond acceptors (Lipinski definition) is 4. The Morgan fingerprint density at radius 2 is 1.31 bits per heavy atom. The fourth-order valence-electron chi connectivity index (χ4n) is 6.48. The second kappa shape index (κ2) is 13.1. The van der Waals surface area contributed by atoms with E-state index in [4.69, 9.17) is 9.47 Å². The lowest BCUT2D eigenvalue weighted by molar-refractivity contribution is -0.000809. The van der Waals surface area contributed by atoms with Crippen molar-refractivity contribution in [3.05, 3.63) is 136 Å². The maximum Gasteiger partial charge on any atom is 0.294 e. The summed E-state index contributed by atoms with van der Waals surface area (Å²) in [5.74, 6) is 1.37. The van der Waals surface area contributed by atoms with Crippen molar-refractivity contribution in [3.8, 4) is 5.75 Å². The molecule has 0 saturated heterocycles. The first-order valence-electron chi connectivity index (χ1n) is 15.9. The van der Waals surface area contributed by atoms with Gasteiger partial charge in [0, 0.05) is 35.3 Å². The van der Waals surface area contributed by atoms with Crippen molar-refractivity contribution in [2.45, 2.75) is 89.1 Å². The van der Waals surface area contributed by atoms with Gasteiger partial charge in [-0.3, -0.25) is 4.55 Å². The predicted molar refractivity (Wildman–Crippen MR) is 182 cm³/mol. The van der Waals surface area contributed by atoms with E-state index in [9.17, 15) is 13.0 Å². The summed E-state index contributed by atoms with van der Waals surface area (Å²) in [7, 11) is -4.37. The second-order valence-corrected chi connectivity index (χ2v) is 15.3. The standard InChI is InChI=1S/C39H46O5S/c1-27(29-16-10-7-11-17-29)34-26-35(28(2)30-18-12-8-13-19-30)37(36-32(22-23-33(34)36)31-20-14-9-15-21-31)44-38(3,4)24-25-43-39(5,6)45(40,41)42/h7-21,26-28,32H,22-25H2,1-6H3,(H,40,41,42). The molecule has 0 bridgehead atoms. The second-order valence-electron chi connectivity index (χ2n) is 13.4. The van der Waals surface area contributed by atoms with Crippen molar-refractivity contribution >= 4 is 10.1 Å². The Hall–Kier alpha value is -3.45. The number of rotatable bonds is 12. The van der Waals surface area contributed by atoms with Crippen molar-refractivity contribution in [1.82, 2.24) is 0 Å². The molecule has 45 heavy (non-hydrogen) atoms. The van der Waals surface area contributed by atoms with Crippen LogP contribution in [-0.2, 0) is 21.3 Å². The van der Waals surface area contributed by atoms with Gasteiger partial charge in [0.25, 0.3) is 10.1 Å². The first kappa shape index (κ1) is 32.9. The number of fused-ring (bicyclic) bond motifs is 1. The molecule has 3 unspecified atom stereocenters. The Bertz CT molecular complexity index is 1700. The number of ether oxygens (including phenoxy) is 2. The van der Waals surface area contributed by atoms with Gasteiger partial charge >= 0.3 is 0 Å². The summed E-state index contributed by atoms with van der Waals surface area (Å²) in [5.41, 5.74) is 8.19. The number of benzene rings is 4. The van der Waals surface area contributed by atoms with Gasteiger partial charge in [-0.05, 0) is 68.4 Å². The Morgan fingerprint density at radius 1 is 0.800 bits per heavy atom. The lowest BCUT2D eigenvalue weighted by atomic mass is 9.80. The predicted octanol–water partition coefficient (Wildman–Crippen LogP) is 9.26. The molecule has 0 heterocycles. The van der Waals surface area contributed by atoms with Crippen LogP contribution in [0.25, 0.3) is 0 Å². The van der Waals surface area contributed by atoms with Crippen molar-refractivity contribution in [2.24, 2.45) is 0 Å². The lowest BCUT2D eigenvalue weighted by Crippen LogP contribution is -2.37. The summed E-state index contributed by atoms with van der Waals surface area (Å²) in [6.45, 7) is 11.4. The molecule has 0 fully saturated rings. The molecule has 0 saturated carbocycles. The molecule has 0 amide bonds. The van der Waals surface area contributed by atoms with E-state index in [2.05, 4.69) is 105 Å². The largest absolute Gasteiger partial charge is 0.487 e. The molecule has 0 radical (unpaired) electrons. The van der Waals surface area contributed by atoms with Crippen LogP contribution < -0.4 is 4.74 Å². The van der Waals surface area contributed by atoms with Crippen LogP contribution in [0.3, 0.4) is 0 Å². The molecule has 6 heteroatoms. The highest BCUT2D eigenvalue weighted by Gasteiger charge is 2.38. The van der Waals surface area contributed by atoms with Crippen LogP contribution in [0.1, 0.15) is 111 Å². The van der Waals surface area contributed by atoms with E-state index in [1.54, 1.807) is 0 Å². The molecular formula is C39H46O5S. The molecule has 238 valence electrons. The minimum absolute atomic E-state index is 0.0655. The summed E-state index contributed by atoms with van der Waals surface area (Å²) in [6.07, 6.45) is 2.39. The minimum atomic E-state index is -4.37. The monoisotopic (exact) mass is 626 g/mol. The molecule has 4 aromatic carbocycles. The lowest BCUT2D eigenvalue weighted by Gasteiger charge is -2.34. The van der Waals surface area contributed by atoms with Crippen LogP contribution in [-0.4, -0.2) is 30.1 Å². The Kier molecular flexibility index (Phi) is 9.60. The molecule has 1 aliphatic rings. The third-order valence-corrected chi connectivity index (χ3v) is 10.8. The molecular weight excluding hydrogens is 580 g/mol. The van der Waals surface area contributed by atoms with Gasteiger partial charge in [-0.15, -0.1) is 0 Å². The van der Waals surface area contributed by atoms with Crippen molar-refractivity contribution in [2.75, 3.05) is 6.61 Å². The third kappa shape index (κ3) is 7.19. The quantitative estimate of drug-likeness (QED) is 0.159. The van der Waals surface area contributed by atoms with E-state index in [1.807, 2.05) is 19.9 Å². The Balaban J connectivity index is 1.65. The van der Waals surface area contributed by atoms with Gasteiger partial charge in [-0.25, -0.2) is 0 Å². The summed E-state index contributed by atoms with van der Waals surface area (Å²) in [4.78, 5) is -1.70. The minimum Gasteiger partial charge on any atom is -0.487 e. The molecule has 0 aromatic heterocycles. The smallest absolute Gasteiger partial charge is 0.294 e. The van der Waals surface area contributed by atoms with Crippen LogP contribution in [0.15, 0.2) is 97.1 Å². The molecule has 5 nitrogen and oxygen atoms in total. The van der Waals surface area contributed by atoms with Gasteiger partial charge in [-0.2, -0.15) is 8.42 Å². The van der Waals surface area contributed by atoms with Crippen LogP contribution in [0, 0.1) is 0 Å².